The minimum atomic E-state index is -0.138. The molecule has 0 bridgehead atoms. The van der Waals surface area contributed by atoms with Gasteiger partial charge in [0.2, 0.25) is 5.95 Å². The quantitative estimate of drug-likeness (QED) is 0.521. The van der Waals surface area contributed by atoms with Crippen LogP contribution in [0.1, 0.15) is 53.6 Å². The van der Waals surface area contributed by atoms with Gasteiger partial charge in [0.1, 0.15) is 0 Å². The Morgan fingerprint density at radius 3 is 2.64 bits per heavy atom. The lowest BCUT2D eigenvalue weighted by Crippen LogP contribution is -2.40. The first-order valence-electron chi connectivity index (χ1n) is 12.9. The van der Waals surface area contributed by atoms with Crippen molar-refractivity contribution in [2.45, 2.75) is 46.0 Å². The monoisotopic (exact) mass is 486 g/mol. The van der Waals surface area contributed by atoms with Crippen molar-refractivity contribution in [1.82, 2.24) is 14.9 Å². The number of hydrogen-bond donors (Lipinski definition) is 1. The lowest BCUT2D eigenvalue weighted by molar-refractivity contribution is 0.0954. The summed E-state index contributed by atoms with van der Waals surface area (Å²) in [6.07, 6.45) is 7.97. The summed E-state index contributed by atoms with van der Waals surface area (Å²) < 4.78 is 7.23. The molecule has 7 heteroatoms. The molecule has 1 N–H and O–H groups in total. The van der Waals surface area contributed by atoms with Gasteiger partial charge in [0.25, 0.3) is 11.5 Å². The second-order valence-electron chi connectivity index (χ2n) is 9.77. The maximum atomic E-state index is 13.8. The predicted octanol–water partition coefficient (Wildman–Crippen LogP) is 4.46. The number of nitrogens with zero attached hydrogens (tertiary/aromatic N) is 3. The highest BCUT2D eigenvalue weighted by atomic mass is 16.5. The van der Waals surface area contributed by atoms with Gasteiger partial charge in [-0.05, 0) is 87.4 Å². The summed E-state index contributed by atoms with van der Waals surface area (Å²) in [5, 5.41) is 3.53. The van der Waals surface area contributed by atoms with Crippen LogP contribution in [0.25, 0.3) is 16.6 Å². The lowest BCUT2D eigenvalue weighted by Gasteiger charge is -2.30. The molecule has 0 atom stereocenters. The van der Waals surface area contributed by atoms with Crippen LogP contribution in [0.15, 0.2) is 52.8 Å². The molecule has 5 rings (SSSR count). The van der Waals surface area contributed by atoms with E-state index in [4.69, 9.17) is 9.72 Å². The lowest BCUT2D eigenvalue weighted by atomic mass is 9.97. The molecule has 0 saturated carbocycles. The zero-order chi connectivity index (χ0) is 25.1. The molecule has 1 aromatic heterocycles. The molecule has 0 radical (unpaired) electrons. The van der Waals surface area contributed by atoms with Gasteiger partial charge in [-0.15, -0.1) is 0 Å². The van der Waals surface area contributed by atoms with E-state index >= 15 is 0 Å². The van der Waals surface area contributed by atoms with E-state index in [1.54, 1.807) is 22.8 Å². The highest BCUT2D eigenvalue weighted by Gasteiger charge is 2.21. The molecule has 0 unspecified atom stereocenters. The maximum absolute atomic E-state index is 13.8. The fourth-order valence-electron chi connectivity index (χ4n) is 4.96. The van der Waals surface area contributed by atoms with Crippen molar-refractivity contribution >= 4 is 22.8 Å². The highest BCUT2D eigenvalue weighted by molar-refractivity contribution is 5.97. The second-order valence-corrected chi connectivity index (χ2v) is 9.77. The Morgan fingerprint density at radius 1 is 1.06 bits per heavy atom. The maximum Gasteiger partial charge on any atom is 0.267 e. The van der Waals surface area contributed by atoms with Gasteiger partial charge in [-0.25, -0.2) is 9.55 Å². The van der Waals surface area contributed by atoms with Crippen molar-refractivity contribution in [2.75, 3.05) is 37.7 Å². The van der Waals surface area contributed by atoms with Gasteiger partial charge >= 0.3 is 0 Å². The molecule has 1 fully saturated rings. The SMILES string of the molecule is Cc1ccc(-n2c(N3CCOCC3)nc3cc(C(=O)NCCC4=CCCCC4)ccc3c2=O)cc1C. The van der Waals surface area contributed by atoms with E-state index in [1.807, 2.05) is 25.1 Å². The summed E-state index contributed by atoms with van der Waals surface area (Å²) in [5.41, 5.74) is 5.42. The molecule has 7 nitrogen and oxygen atoms in total. The Hall–Kier alpha value is -3.45. The van der Waals surface area contributed by atoms with Crippen molar-refractivity contribution in [3.05, 3.63) is 75.1 Å². The van der Waals surface area contributed by atoms with Crippen LogP contribution >= 0.6 is 0 Å². The average molecular weight is 487 g/mol. The summed E-state index contributed by atoms with van der Waals surface area (Å²) in [6.45, 7) is 7.19. The first-order valence-corrected chi connectivity index (χ1v) is 12.9. The number of aryl methyl sites for hydroxylation is 2. The van der Waals surface area contributed by atoms with Gasteiger partial charge in [-0.2, -0.15) is 0 Å². The number of anilines is 1. The van der Waals surface area contributed by atoms with Gasteiger partial charge in [0.05, 0.1) is 29.8 Å². The number of carbonyl (C=O) groups excluding carboxylic acids is 1. The zero-order valence-corrected chi connectivity index (χ0v) is 21.2. The normalized spacial score (nSPS) is 16.2. The summed E-state index contributed by atoms with van der Waals surface area (Å²) in [6, 6.07) is 11.2. The summed E-state index contributed by atoms with van der Waals surface area (Å²) >= 11 is 0. The molecule has 188 valence electrons. The molecule has 36 heavy (non-hydrogen) atoms. The van der Waals surface area contributed by atoms with Gasteiger partial charge < -0.3 is 15.0 Å². The molecule has 2 heterocycles. The molecule has 1 amide bonds. The molecule has 1 saturated heterocycles. The van der Waals surface area contributed by atoms with Crippen LogP contribution in [0, 0.1) is 13.8 Å². The predicted molar refractivity (Wildman–Crippen MR) is 143 cm³/mol. The van der Waals surface area contributed by atoms with E-state index in [1.165, 1.54) is 24.0 Å². The number of aromatic nitrogens is 2. The first kappa shape index (κ1) is 24.3. The average Bonchev–Trinajstić information content (AvgIpc) is 2.91. The second kappa shape index (κ2) is 10.7. The van der Waals surface area contributed by atoms with Crippen molar-refractivity contribution in [1.29, 1.82) is 0 Å². The van der Waals surface area contributed by atoms with Crippen LogP contribution < -0.4 is 15.8 Å². The van der Waals surface area contributed by atoms with Gasteiger partial charge in [0.15, 0.2) is 0 Å². The highest BCUT2D eigenvalue weighted by Crippen LogP contribution is 2.23. The van der Waals surface area contributed by atoms with Crippen LogP contribution in [0.4, 0.5) is 5.95 Å². The third-order valence-electron chi connectivity index (χ3n) is 7.27. The molecule has 1 aliphatic heterocycles. The van der Waals surface area contributed by atoms with E-state index in [-0.39, 0.29) is 11.5 Å². The van der Waals surface area contributed by atoms with Gasteiger partial charge in [-0.3, -0.25) is 9.59 Å². The minimum Gasteiger partial charge on any atom is -0.378 e. The smallest absolute Gasteiger partial charge is 0.267 e. The molecular formula is C29H34N4O3. The van der Waals surface area contributed by atoms with E-state index < -0.39 is 0 Å². The van der Waals surface area contributed by atoms with E-state index in [9.17, 15) is 9.59 Å². The Morgan fingerprint density at radius 2 is 1.89 bits per heavy atom. The number of rotatable bonds is 6. The van der Waals surface area contributed by atoms with Crippen molar-refractivity contribution in [2.24, 2.45) is 0 Å². The summed E-state index contributed by atoms with van der Waals surface area (Å²) in [7, 11) is 0. The Labute approximate surface area is 211 Å². The number of hydrogen-bond acceptors (Lipinski definition) is 5. The molecular weight excluding hydrogens is 452 g/mol. The van der Waals surface area contributed by atoms with Gasteiger partial charge in [-0.1, -0.05) is 17.7 Å². The minimum absolute atomic E-state index is 0.138. The van der Waals surface area contributed by atoms with Crippen molar-refractivity contribution < 1.29 is 9.53 Å². The Kier molecular flexibility index (Phi) is 7.18. The van der Waals surface area contributed by atoms with Crippen LogP contribution in [0.5, 0.6) is 0 Å². The van der Waals surface area contributed by atoms with Crippen LogP contribution in [0.2, 0.25) is 0 Å². The van der Waals surface area contributed by atoms with E-state index in [0.717, 1.165) is 30.5 Å². The first-order chi connectivity index (χ1) is 17.5. The van der Waals surface area contributed by atoms with Gasteiger partial charge in [0, 0.05) is 25.2 Å². The van der Waals surface area contributed by atoms with Crippen LogP contribution in [-0.2, 0) is 4.74 Å². The van der Waals surface area contributed by atoms with E-state index in [2.05, 4.69) is 23.2 Å². The Balaban J connectivity index is 1.49. The standard InChI is InChI=1S/C29H34N4O3/c1-20-8-10-24(18-21(20)2)33-28(35)25-11-9-23(27(34)30-13-12-22-6-4-3-5-7-22)19-26(25)31-29(33)32-14-16-36-17-15-32/h6,8-11,18-19H,3-5,7,12-17H2,1-2H3,(H,30,34). The molecule has 2 aromatic carbocycles. The van der Waals surface area contributed by atoms with Crippen LogP contribution in [-0.4, -0.2) is 48.3 Å². The third-order valence-corrected chi connectivity index (χ3v) is 7.27. The fourth-order valence-corrected chi connectivity index (χ4v) is 4.96. The third kappa shape index (κ3) is 5.07. The summed E-state index contributed by atoms with van der Waals surface area (Å²) in [5.74, 6) is 0.446. The Bertz CT molecular complexity index is 1370. The summed E-state index contributed by atoms with van der Waals surface area (Å²) in [4.78, 5) is 33.7. The fraction of sp³-hybridized carbons (Fsp3) is 0.414. The number of allylic oxidation sites excluding steroid dienone is 1. The van der Waals surface area contributed by atoms with Crippen molar-refractivity contribution in [3.8, 4) is 5.69 Å². The van der Waals surface area contributed by atoms with E-state index in [0.29, 0.717) is 55.3 Å². The topological polar surface area (TPSA) is 76.5 Å². The number of fused-ring (bicyclic) bond motifs is 1. The number of ether oxygens (including phenoxy) is 1. The van der Waals surface area contributed by atoms with Crippen LogP contribution in [0.3, 0.4) is 0 Å². The molecule has 3 aromatic rings. The van der Waals surface area contributed by atoms with Crippen molar-refractivity contribution in [3.63, 3.8) is 0 Å². The number of amides is 1. The molecule has 1 aliphatic carbocycles. The number of carbonyl (C=O) groups is 1. The molecule has 2 aliphatic rings. The number of morpholine rings is 1. The number of benzene rings is 2. The molecule has 0 spiro atoms. The largest absolute Gasteiger partial charge is 0.378 e. The zero-order valence-electron chi connectivity index (χ0n) is 21.2. The number of nitrogens with one attached hydrogen (secondary N) is 1.